The number of rotatable bonds is 34. The normalized spacial score (nSPS) is 13.8. The second kappa shape index (κ2) is 32.3. The SMILES string of the molecule is CCCCCCCC(=O)NC(C)(C)C(=O)NCC(=O)NC(C(=O)NC(C)(C)C(=O)NCC(=O)NCC(=O)NC(C(=O)NC(C)(C)C(=O)NCC(=O)NC(C(=O)NC(CO)CC(C)C)C(C)CC)C(C)C)C(C)C. The molecule has 23 heteroatoms. The summed E-state index contributed by atoms with van der Waals surface area (Å²) in [5.41, 5.74) is -4.48. The lowest BCUT2D eigenvalue weighted by atomic mass is 9.97. The van der Waals surface area contributed by atoms with Gasteiger partial charge in [0.05, 0.1) is 38.8 Å². The van der Waals surface area contributed by atoms with Crippen molar-refractivity contribution in [2.75, 3.05) is 32.8 Å². The third kappa shape index (κ3) is 26.1. The summed E-state index contributed by atoms with van der Waals surface area (Å²) >= 11 is 0. The number of hydrogen-bond donors (Lipinski definition) is 12. The number of hydrogen-bond acceptors (Lipinski definition) is 12. The van der Waals surface area contributed by atoms with Crippen LogP contribution in [0.15, 0.2) is 0 Å². The van der Waals surface area contributed by atoms with Gasteiger partial charge in [-0.3, -0.25) is 52.7 Å². The van der Waals surface area contributed by atoms with Crippen molar-refractivity contribution >= 4 is 65.0 Å². The van der Waals surface area contributed by atoms with Crippen molar-refractivity contribution < 1.29 is 57.8 Å². The second-order valence-electron chi connectivity index (χ2n) is 21.4. The van der Waals surface area contributed by atoms with Gasteiger partial charge in [0.2, 0.25) is 65.0 Å². The van der Waals surface area contributed by atoms with Crippen LogP contribution in [-0.2, 0) is 52.7 Å². The smallest absolute Gasteiger partial charge is 0.245 e. The van der Waals surface area contributed by atoms with Crippen LogP contribution in [0, 0.1) is 23.7 Å². The summed E-state index contributed by atoms with van der Waals surface area (Å²) < 4.78 is 0. The zero-order chi connectivity index (χ0) is 56.4. The number of aliphatic hydroxyl groups excluding tert-OH is 1. The predicted octanol–water partition coefficient (Wildman–Crippen LogP) is -0.168. The van der Waals surface area contributed by atoms with Crippen molar-refractivity contribution in [2.45, 2.75) is 196 Å². The van der Waals surface area contributed by atoms with Gasteiger partial charge >= 0.3 is 0 Å². The maximum absolute atomic E-state index is 13.4. The fraction of sp³-hybridized carbons (Fsp3) is 0.780. The first-order valence-corrected chi connectivity index (χ1v) is 25.6. The quantitative estimate of drug-likeness (QED) is 0.0374. The van der Waals surface area contributed by atoms with Crippen LogP contribution in [-0.4, -0.2) is 144 Å². The molecule has 11 amide bonds. The standard InChI is InChI=1S/C50H91N11O12/c1-16-18-19-20-21-22-34(63)59-48(10,11)45(71)53-26-37(66)57-40(31(7)8)44(70)60-49(12,13)46(72)52-24-35(64)51-25-36(65)56-39(30(5)6)43(69)61-50(14,15)47(73)54-27-38(67)58-41(32(9)17-2)42(68)55-33(28-62)23-29(3)4/h29-33,39-41,62H,16-28H2,1-15H3,(H,51,64)(H,52,72)(H,53,71)(H,54,73)(H,55,68)(H,56,65)(H,57,66)(H,58,67)(H,59,63)(H,60,70)(H,61,69). The summed E-state index contributed by atoms with van der Waals surface area (Å²) in [6.07, 6.45) is 6.16. The van der Waals surface area contributed by atoms with Crippen molar-refractivity contribution in [3.63, 3.8) is 0 Å². The van der Waals surface area contributed by atoms with E-state index in [-0.39, 0.29) is 30.8 Å². The van der Waals surface area contributed by atoms with Gasteiger partial charge in [0.1, 0.15) is 34.7 Å². The molecule has 5 atom stereocenters. The van der Waals surface area contributed by atoms with Crippen molar-refractivity contribution in [2.24, 2.45) is 23.7 Å². The fourth-order valence-corrected chi connectivity index (χ4v) is 7.11. The average molecular weight is 1040 g/mol. The first kappa shape index (κ1) is 67.1. The Bertz CT molecular complexity index is 1890. The van der Waals surface area contributed by atoms with Gasteiger partial charge in [-0.25, -0.2) is 0 Å². The number of aliphatic hydroxyl groups is 1. The highest BCUT2D eigenvalue weighted by Gasteiger charge is 2.37. The lowest BCUT2D eigenvalue weighted by Crippen LogP contribution is -2.62. The van der Waals surface area contributed by atoms with E-state index >= 15 is 0 Å². The van der Waals surface area contributed by atoms with Crippen molar-refractivity contribution in [1.82, 2.24) is 58.5 Å². The molecule has 0 saturated heterocycles. The summed E-state index contributed by atoms with van der Waals surface area (Å²) in [6, 6.07) is -3.73. The summed E-state index contributed by atoms with van der Waals surface area (Å²) in [7, 11) is 0. The fourth-order valence-electron chi connectivity index (χ4n) is 7.11. The third-order valence-electron chi connectivity index (χ3n) is 11.9. The predicted molar refractivity (Wildman–Crippen MR) is 275 cm³/mol. The lowest BCUT2D eigenvalue weighted by Gasteiger charge is -2.30. The maximum Gasteiger partial charge on any atom is 0.245 e. The number of carbonyl (C=O) groups excluding carboxylic acids is 11. The molecule has 5 unspecified atom stereocenters. The van der Waals surface area contributed by atoms with Crippen LogP contribution in [0.3, 0.4) is 0 Å². The van der Waals surface area contributed by atoms with Crippen LogP contribution in [0.5, 0.6) is 0 Å². The Morgan fingerprint density at radius 3 is 1.21 bits per heavy atom. The van der Waals surface area contributed by atoms with Crippen LogP contribution >= 0.6 is 0 Å². The van der Waals surface area contributed by atoms with Crippen LogP contribution in [0.4, 0.5) is 0 Å². The van der Waals surface area contributed by atoms with Crippen molar-refractivity contribution in [3.8, 4) is 0 Å². The Morgan fingerprint density at radius 2 is 0.822 bits per heavy atom. The van der Waals surface area contributed by atoms with E-state index in [4.69, 9.17) is 0 Å². The topological polar surface area (TPSA) is 340 Å². The lowest BCUT2D eigenvalue weighted by molar-refractivity contribution is -0.136. The highest BCUT2D eigenvalue weighted by molar-refractivity contribution is 5.99. The molecule has 0 aromatic carbocycles. The maximum atomic E-state index is 13.4. The highest BCUT2D eigenvalue weighted by atomic mass is 16.3. The van der Waals surface area contributed by atoms with Crippen LogP contribution in [0.25, 0.3) is 0 Å². The van der Waals surface area contributed by atoms with E-state index in [1.807, 2.05) is 20.8 Å². The van der Waals surface area contributed by atoms with Gasteiger partial charge in [0.25, 0.3) is 0 Å². The van der Waals surface area contributed by atoms with Crippen LogP contribution < -0.4 is 58.5 Å². The minimum atomic E-state index is -1.60. The van der Waals surface area contributed by atoms with Gasteiger partial charge in [-0.15, -0.1) is 0 Å². The minimum absolute atomic E-state index is 0.205. The Labute approximate surface area is 432 Å². The van der Waals surface area contributed by atoms with E-state index in [0.29, 0.717) is 19.3 Å². The molecular formula is C50H91N11O12. The van der Waals surface area contributed by atoms with Gasteiger partial charge in [-0.2, -0.15) is 0 Å². The molecule has 418 valence electrons. The average Bonchev–Trinajstić information content (AvgIpc) is 3.29. The van der Waals surface area contributed by atoms with E-state index in [1.54, 1.807) is 34.6 Å². The molecular weight excluding hydrogens is 947 g/mol. The van der Waals surface area contributed by atoms with Crippen LogP contribution in [0.1, 0.15) is 155 Å². The second-order valence-corrected chi connectivity index (χ2v) is 21.4. The molecule has 12 N–H and O–H groups in total. The first-order valence-electron chi connectivity index (χ1n) is 25.6. The molecule has 0 radical (unpaired) electrons. The Kier molecular flexibility index (Phi) is 29.7. The van der Waals surface area contributed by atoms with E-state index in [0.717, 1.165) is 25.7 Å². The van der Waals surface area contributed by atoms with Crippen molar-refractivity contribution in [3.05, 3.63) is 0 Å². The number of amides is 11. The van der Waals surface area contributed by atoms with E-state index in [1.165, 1.54) is 41.5 Å². The third-order valence-corrected chi connectivity index (χ3v) is 11.9. The molecule has 0 aromatic heterocycles. The molecule has 0 bridgehead atoms. The monoisotopic (exact) mass is 1040 g/mol. The van der Waals surface area contributed by atoms with E-state index in [9.17, 15) is 57.8 Å². The number of nitrogens with one attached hydrogen (secondary N) is 11. The summed E-state index contributed by atoms with van der Waals surface area (Å²) in [5.74, 6) is -8.24. The Morgan fingerprint density at radius 1 is 0.438 bits per heavy atom. The number of carbonyl (C=O) groups is 11. The van der Waals surface area contributed by atoms with Gasteiger partial charge in [0.15, 0.2) is 0 Å². The zero-order valence-corrected chi connectivity index (χ0v) is 46.2. The molecule has 23 nitrogen and oxygen atoms in total. The molecule has 0 fully saturated rings. The molecule has 73 heavy (non-hydrogen) atoms. The molecule has 0 saturated carbocycles. The van der Waals surface area contributed by atoms with Gasteiger partial charge in [-0.1, -0.05) is 94.4 Å². The number of unbranched alkanes of at least 4 members (excludes halogenated alkanes) is 4. The molecule has 0 aliphatic rings. The molecule has 0 heterocycles. The molecule has 0 aliphatic carbocycles. The Balaban J connectivity index is 5.23. The van der Waals surface area contributed by atoms with Crippen LogP contribution in [0.2, 0.25) is 0 Å². The van der Waals surface area contributed by atoms with E-state index < -0.39 is 138 Å². The summed E-state index contributed by atoms with van der Waals surface area (Å²) in [6.45, 7) is 22.4. The molecule has 0 aromatic rings. The molecule has 0 spiro atoms. The minimum Gasteiger partial charge on any atom is -0.394 e. The van der Waals surface area contributed by atoms with Gasteiger partial charge < -0.3 is 63.6 Å². The highest BCUT2D eigenvalue weighted by Crippen LogP contribution is 2.13. The summed E-state index contributed by atoms with van der Waals surface area (Å²) in [4.78, 5) is 143. The largest absolute Gasteiger partial charge is 0.394 e. The van der Waals surface area contributed by atoms with Gasteiger partial charge in [0, 0.05) is 6.42 Å². The van der Waals surface area contributed by atoms with E-state index in [2.05, 4.69) is 65.4 Å². The first-order chi connectivity index (χ1) is 33.7. The van der Waals surface area contributed by atoms with Crippen molar-refractivity contribution in [1.29, 1.82) is 0 Å². The zero-order valence-electron chi connectivity index (χ0n) is 46.2. The summed E-state index contributed by atoms with van der Waals surface area (Å²) in [5, 5.41) is 37.8. The molecule has 0 rings (SSSR count). The Hall–Kier alpha value is -5.87. The molecule has 0 aliphatic heterocycles. The van der Waals surface area contributed by atoms with Gasteiger partial charge in [-0.05, 0) is 78.1 Å².